The van der Waals surface area contributed by atoms with Crippen molar-refractivity contribution in [2.24, 2.45) is 5.41 Å². The number of hydrogen-bond donors (Lipinski definition) is 1. The predicted octanol–water partition coefficient (Wildman–Crippen LogP) is 3.54. The van der Waals surface area contributed by atoms with Gasteiger partial charge in [-0.3, -0.25) is 14.5 Å². The van der Waals surface area contributed by atoms with E-state index in [9.17, 15) is 14.4 Å². The number of nitrogens with zero attached hydrogens (tertiary/aromatic N) is 1. The zero-order valence-electron chi connectivity index (χ0n) is 16.3. The van der Waals surface area contributed by atoms with Gasteiger partial charge in [-0.25, -0.2) is 4.79 Å². The number of amides is 3. The Bertz CT molecular complexity index is 709. The van der Waals surface area contributed by atoms with Crippen LogP contribution in [0.25, 0.3) is 0 Å². The SMILES string of the molecule is C=CC[C@]1(CNC(=O)OC(C)(C)C)CCCN(C(=O)c2ccccc2)C1=O. The summed E-state index contributed by atoms with van der Waals surface area (Å²) in [5, 5.41) is 2.70. The highest BCUT2D eigenvalue weighted by molar-refractivity contribution is 6.06. The number of benzene rings is 1. The lowest BCUT2D eigenvalue weighted by Gasteiger charge is -2.40. The van der Waals surface area contributed by atoms with E-state index >= 15 is 0 Å². The number of hydrogen-bond acceptors (Lipinski definition) is 4. The molecule has 1 aromatic carbocycles. The highest BCUT2D eigenvalue weighted by Crippen LogP contribution is 2.35. The summed E-state index contributed by atoms with van der Waals surface area (Å²) >= 11 is 0. The summed E-state index contributed by atoms with van der Waals surface area (Å²) in [6.45, 7) is 9.55. The van der Waals surface area contributed by atoms with Crippen LogP contribution in [0.2, 0.25) is 0 Å². The van der Waals surface area contributed by atoms with Crippen LogP contribution in [-0.2, 0) is 9.53 Å². The maximum Gasteiger partial charge on any atom is 0.407 e. The number of allylic oxidation sites excluding steroid dienone is 1. The van der Waals surface area contributed by atoms with Gasteiger partial charge in [0.05, 0.1) is 5.41 Å². The van der Waals surface area contributed by atoms with E-state index in [4.69, 9.17) is 4.74 Å². The van der Waals surface area contributed by atoms with Gasteiger partial charge in [-0.15, -0.1) is 6.58 Å². The van der Waals surface area contributed by atoms with Crippen LogP contribution < -0.4 is 5.32 Å². The van der Waals surface area contributed by atoms with Crippen molar-refractivity contribution in [2.45, 2.75) is 45.6 Å². The molecule has 2 rings (SSSR count). The second kappa shape index (κ2) is 8.37. The Morgan fingerprint density at radius 2 is 1.96 bits per heavy atom. The first kappa shape index (κ1) is 20.7. The van der Waals surface area contributed by atoms with Gasteiger partial charge in [-0.1, -0.05) is 24.3 Å². The Morgan fingerprint density at radius 1 is 1.30 bits per heavy atom. The molecule has 1 aromatic rings. The molecule has 0 spiro atoms. The molecule has 0 aliphatic carbocycles. The molecule has 0 aromatic heterocycles. The maximum atomic E-state index is 13.2. The quantitative estimate of drug-likeness (QED) is 0.634. The molecule has 6 nitrogen and oxygen atoms in total. The van der Waals surface area contributed by atoms with Gasteiger partial charge in [0.15, 0.2) is 0 Å². The van der Waals surface area contributed by atoms with Crippen LogP contribution >= 0.6 is 0 Å². The smallest absolute Gasteiger partial charge is 0.407 e. The summed E-state index contributed by atoms with van der Waals surface area (Å²) < 4.78 is 5.26. The lowest BCUT2D eigenvalue weighted by Crippen LogP contribution is -2.55. The third-order valence-electron chi connectivity index (χ3n) is 4.51. The van der Waals surface area contributed by atoms with Gasteiger partial charge in [0.1, 0.15) is 5.60 Å². The van der Waals surface area contributed by atoms with Gasteiger partial charge < -0.3 is 10.1 Å². The summed E-state index contributed by atoms with van der Waals surface area (Å²) in [5.74, 6) is -0.593. The average molecular weight is 372 g/mol. The number of rotatable bonds is 5. The monoisotopic (exact) mass is 372 g/mol. The van der Waals surface area contributed by atoms with E-state index in [2.05, 4.69) is 11.9 Å². The van der Waals surface area contributed by atoms with Gasteiger partial charge in [0.2, 0.25) is 5.91 Å². The van der Waals surface area contributed by atoms with Crippen LogP contribution in [0.15, 0.2) is 43.0 Å². The molecule has 3 amide bonds. The van der Waals surface area contributed by atoms with E-state index in [0.29, 0.717) is 31.4 Å². The first-order valence-electron chi connectivity index (χ1n) is 9.18. The molecule has 146 valence electrons. The van der Waals surface area contributed by atoms with Crippen molar-refractivity contribution in [3.05, 3.63) is 48.6 Å². The zero-order chi connectivity index (χ0) is 20.1. The molecule has 0 radical (unpaired) electrons. The molecule has 1 atom stereocenters. The first-order chi connectivity index (χ1) is 12.7. The second-order valence-corrected chi connectivity index (χ2v) is 7.86. The lowest BCUT2D eigenvalue weighted by atomic mass is 9.76. The molecule has 1 aliphatic heterocycles. The molecule has 0 saturated carbocycles. The lowest BCUT2D eigenvalue weighted by molar-refractivity contribution is -0.142. The van der Waals surface area contributed by atoms with Crippen LogP contribution in [0.5, 0.6) is 0 Å². The van der Waals surface area contributed by atoms with Crippen LogP contribution in [0, 0.1) is 5.41 Å². The molecule has 27 heavy (non-hydrogen) atoms. The summed E-state index contributed by atoms with van der Waals surface area (Å²) in [6.07, 6.45) is 2.70. The van der Waals surface area contributed by atoms with Gasteiger partial charge in [0.25, 0.3) is 5.91 Å². The van der Waals surface area contributed by atoms with Gasteiger partial charge >= 0.3 is 6.09 Å². The fourth-order valence-corrected chi connectivity index (χ4v) is 3.26. The van der Waals surface area contributed by atoms with E-state index in [-0.39, 0.29) is 18.4 Å². The molecule has 1 heterocycles. The van der Waals surface area contributed by atoms with Gasteiger partial charge in [0, 0.05) is 18.7 Å². The number of nitrogens with one attached hydrogen (secondary N) is 1. The van der Waals surface area contributed by atoms with Crippen molar-refractivity contribution in [1.82, 2.24) is 10.2 Å². The number of imide groups is 1. The molecular formula is C21H28N2O4. The third kappa shape index (κ3) is 5.18. The fourth-order valence-electron chi connectivity index (χ4n) is 3.26. The molecule has 0 unspecified atom stereocenters. The summed E-state index contributed by atoms with van der Waals surface area (Å²) in [6, 6.07) is 8.74. The standard InChI is InChI=1S/C21H28N2O4/c1-5-12-21(15-22-19(26)27-20(2,3)4)13-9-14-23(18(21)25)17(24)16-10-7-6-8-11-16/h5-8,10-11H,1,9,12-15H2,2-4H3,(H,22,26)/t21-/m1/s1. The van der Waals surface area contributed by atoms with E-state index in [1.165, 1.54) is 4.90 Å². The van der Waals surface area contributed by atoms with E-state index < -0.39 is 17.1 Å². The van der Waals surface area contributed by atoms with Crippen molar-refractivity contribution < 1.29 is 19.1 Å². The van der Waals surface area contributed by atoms with E-state index in [1.54, 1.807) is 51.1 Å². The highest BCUT2D eigenvalue weighted by Gasteiger charge is 2.45. The average Bonchev–Trinajstić information content (AvgIpc) is 2.61. The minimum absolute atomic E-state index is 0.103. The maximum absolute atomic E-state index is 13.2. The van der Waals surface area contributed by atoms with Crippen molar-refractivity contribution in [3.63, 3.8) is 0 Å². The van der Waals surface area contributed by atoms with E-state index in [1.807, 2.05) is 6.07 Å². The summed E-state index contributed by atoms with van der Waals surface area (Å²) in [7, 11) is 0. The normalized spacial score (nSPS) is 20.1. The molecule has 1 saturated heterocycles. The number of carbonyl (C=O) groups excluding carboxylic acids is 3. The minimum atomic E-state index is -0.888. The Kier molecular flexibility index (Phi) is 6.41. The van der Waals surface area contributed by atoms with Gasteiger partial charge in [-0.2, -0.15) is 0 Å². The molecule has 1 aliphatic rings. The topological polar surface area (TPSA) is 75.7 Å². The molecule has 6 heteroatoms. The molecule has 1 fully saturated rings. The number of ether oxygens (including phenoxy) is 1. The van der Waals surface area contributed by atoms with Gasteiger partial charge in [-0.05, 0) is 52.2 Å². The predicted molar refractivity (Wildman–Crippen MR) is 103 cm³/mol. The number of alkyl carbamates (subject to hydrolysis) is 1. The Morgan fingerprint density at radius 3 is 2.56 bits per heavy atom. The van der Waals surface area contributed by atoms with Crippen LogP contribution in [0.1, 0.15) is 50.4 Å². The summed E-state index contributed by atoms with van der Waals surface area (Å²) in [5.41, 5.74) is -1.04. The molecule has 1 N–H and O–H groups in total. The van der Waals surface area contributed by atoms with E-state index in [0.717, 1.165) is 0 Å². The van der Waals surface area contributed by atoms with Crippen molar-refractivity contribution in [2.75, 3.05) is 13.1 Å². The zero-order valence-corrected chi connectivity index (χ0v) is 16.3. The Labute approximate surface area is 160 Å². The van der Waals surface area contributed by atoms with Crippen molar-refractivity contribution >= 4 is 17.9 Å². The molecular weight excluding hydrogens is 344 g/mol. The molecule has 0 bridgehead atoms. The third-order valence-corrected chi connectivity index (χ3v) is 4.51. The summed E-state index contributed by atoms with van der Waals surface area (Å²) in [4.78, 5) is 39.3. The number of carbonyl (C=O) groups is 3. The van der Waals surface area contributed by atoms with Crippen molar-refractivity contribution in [1.29, 1.82) is 0 Å². The van der Waals surface area contributed by atoms with Crippen LogP contribution in [0.4, 0.5) is 4.79 Å². The first-order valence-corrected chi connectivity index (χ1v) is 9.18. The highest BCUT2D eigenvalue weighted by atomic mass is 16.6. The minimum Gasteiger partial charge on any atom is -0.444 e. The number of likely N-dealkylation sites (tertiary alicyclic amines) is 1. The fraction of sp³-hybridized carbons (Fsp3) is 0.476. The largest absolute Gasteiger partial charge is 0.444 e. The Balaban J connectivity index is 2.17. The van der Waals surface area contributed by atoms with Crippen molar-refractivity contribution in [3.8, 4) is 0 Å². The Hall–Kier alpha value is -2.63. The number of piperidine rings is 1. The van der Waals surface area contributed by atoms with Crippen LogP contribution in [-0.4, -0.2) is 41.5 Å². The second-order valence-electron chi connectivity index (χ2n) is 7.86. The van der Waals surface area contributed by atoms with Crippen LogP contribution in [0.3, 0.4) is 0 Å².